The van der Waals surface area contributed by atoms with Crippen molar-refractivity contribution in [3.63, 3.8) is 0 Å². The summed E-state index contributed by atoms with van der Waals surface area (Å²) in [5.41, 5.74) is 8.11. The van der Waals surface area contributed by atoms with Gasteiger partial charge in [0, 0.05) is 24.1 Å². The number of hydrogen-bond acceptors (Lipinski definition) is 5. The standard InChI is InChI=1S/C43H46N4O4/c48-26-28-11-13-33(14-12-28)40-20-37(25-47-27-45-38-9-1-2-10-39(38)47)50-41(51-40)36-8-4-7-35(19-36)34-6-3-5-29(18-34)24-44-42(49)46-43-21-30-15-31(22-43)17-32(16-30)23-43/h1-14,18-19,27,30-32,37,40-41,48H,15-17,20-26H2,(H2,44,46,49)/t30?,31?,32?,37-,40+,41+,43?/m0/s1. The van der Waals surface area contributed by atoms with Gasteiger partial charge in [-0.15, -0.1) is 0 Å². The van der Waals surface area contributed by atoms with Crippen LogP contribution in [-0.2, 0) is 29.2 Å². The summed E-state index contributed by atoms with van der Waals surface area (Å²) in [7, 11) is 0. The maximum Gasteiger partial charge on any atom is 0.315 e. The van der Waals surface area contributed by atoms with Crippen molar-refractivity contribution in [1.82, 2.24) is 20.2 Å². The number of ether oxygens (including phenoxy) is 2. The number of urea groups is 1. The Bertz CT molecular complexity index is 1990. The quantitative estimate of drug-likeness (QED) is 0.146. The Labute approximate surface area is 299 Å². The lowest BCUT2D eigenvalue weighted by Crippen LogP contribution is -2.61. The topological polar surface area (TPSA) is 97.6 Å². The van der Waals surface area contributed by atoms with E-state index in [1.54, 1.807) is 0 Å². The third-order valence-electron chi connectivity index (χ3n) is 11.8. The lowest BCUT2D eigenvalue weighted by atomic mass is 9.53. The van der Waals surface area contributed by atoms with Gasteiger partial charge in [-0.05, 0) is 108 Å². The molecule has 2 heterocycles. The van der Waals surface area contributed by atoms with Crippen molar-refractivity contribution in [2.24, 2.45) is 17.8 Å². The van der Waals surface area contributed by atoms with Crippen LogP contribution in [0.5, 0.6) is 0 Å². The molecular formula is C43H46N4O4. The van der Waals surface area contributed by atoms with E-state index in [-0.39, 0.29) is 30.4 Å². The van der Waals surface area contributed by atoms with Crippen molar-refractivity contribution in [1.29, 1.82) is 0 Å². The van der Waals surface area contributed by atoms with E-state index in [1.807, 2.05) is 48.8 Å². The van der Waals surface area contributed by atoms with Crippen molar-refractivity contribution in [2.45, 2.75) is 88.7 Å². The van der Waals surface area contributed by atoms with Crippen molar-refractivity contribution in [3.8, 4) is 11.1 Å². The second-order valence-electron chi connectivity index (χ2n) is 15.6. The van der Waals surface area contributed by atoms with Crippen molar-refractivity contribution in [3.05, 3.63) is 126 Å². The third-order valence-corrected chi connectivity index (χ3v) is 11.8. The maximum absolute atomic E-state index is 13.2. The Kier molecular flexibility index (Phi) is 8.62. The molecule has 10 rings (SSSR count). The summed E-state index contributed by atoms with van der Waals surface area (Å²) >= 11 is 0. The molecule has 0 unspecified atom stereocenters. The molecule has 0 spiro atoms. The summed E-state index contributed by atoms with van der Waals surface area (Å²) in [5, 5.41) is 16.2. The number of aliphatic hydroxyl groups is 1. The van der Waals surface area contributed by atoms with Gasteiger partial charge in [0.25, 0.3) is 0 Å². The highest BCUT2D eigenvalue weighted by Gasteiger charge is 2.51. The van der Waals surface area contributed by atoms with Crippen molar-refractivity contribution >= 4 is 17.1 Å². The molecule has 4 aliphatic carbocycles. The van der Waals surface area contributed by atoms with E-state index >= 15 is 0 Å². The van der Waals surface area contributed by atoms with Gasteiger partial charge in [0.1, 0.15) is 0 Å². The highest BCUT2D eigenvalue weighted by Crippen LogP contribution is 2.55. The van der Waals surface area contributed by atoms with E-state index in [1.165, 1.54) is 19.3 Å². The summed E-state index contributed by atoms with van der Waals surface area (Å²) in [4.78, 5) is 17.8. The normalized spacial score (nSPS) is 28.2. The Morgan fingerprint density at radius 2 is 1.51 bits per heavy atom. The van der Waals surface area contributed by atoms with Gasteiger partial charge < -0.3 is 29.8 Å². The summed E-state index contributed by atoms with van der Waals surface area (Å²) < 4.78 is 15.5. The first kappa shape index (κ1) is 32.4. The van der Waals surface area contributed by atoms with Crippen LogP contribution in [0, 0.1) is 17.8 Å². The first-order valence-corrected chi connectivity index (χ1v) is 18.6. The Hall–Kier alpha value is -4.50. The third kappa shape index (κ3) is 6.80. The number of nitrogens with one attached hydrogen (secondary N) is 2. The lowest BCUT2D eigenvalue weighted by Gasteiger charge is -2.56. The first-order valence-electron chi connectivity index (χ1n) is 18.6. The van der Waals surface area contributed by atoms with Crippen LogP contribution in [0.2, 0.25) is 0 Å². The highest BCUT2D eigenvalue weighted by atomic mass is 16.7. The molecule has 4 aromatic carbocycles. The summed E-state index contributed by atoms with van der Waals surface area (Å²) in [5.74, 6) is 2.38. The number of rotatable bonds is 9. The maximum atomic E-state index is 13.2. The predicted octanol–water partition coefficient (Wildman–Crippen LogP) is 8.21. The number of carbonyl (C=O) groups excluding carboxylic acids is 1. The van der Waals surface area contributed by atoms with E-state index in [0.717, 1.165) is 81.4 Å². The van der Waals surface area contributed by atoms with Crippen LogP contribution in [-0.4, -0.2) is 32.3 Å². The van der Waals surface area contributed by atoms with Gasteiger partial charge >= 0.3 is 6.03 Å². The van der Waals surface area contributed by atoms with Gasteiger partial charge in [0.05, 0.1) is 42.7 Å². The van der Waals surface area contributed by atoms with Crippen LogP contribution < -0.4 is 10.6 Å². The minimum Gasteiger partial charge on any atom is -0.392 e. The monoisotopic (exact) mass is 682 g/mol. The van der Waals surface area contributed by atoms with Gasteiger partial charge in [-0.2, -0.15) is 0 Å². The van der Waals surface area contributed by atoms with E-state index in [9.17, 15) is 9.90 Å². The zero-order valence-electron chi connectivity index (χ0n) is 28.9. The van der Waals surface area contributed by atoms with Crippen LogP contribution in [0.4, 0.5) is 4.79 Å². The Morgan fingerprint density at radius 1 is 0.784 bits per heavy atom. The van der Waals surface area contributed by atoms with Gasteiger partial charge in [-0.1, -0.05) is 72.8 Å². The largest absolute Gasteiger partial charge is 0.392 e. The number of fused-ring (bicyclic) bond motifs is 1. The number of amides is 2. The number of carbonyl (C=O) groups is 1. The molecule has 5 fully saturated rings. The number of aliphatic hydroxyl groups excluding tert-OH is 1. The van der Waals surface area contributed by atoms with Gasteiger partial charge in [0.2, 0.25) is 0 Å². The average Bonchev–Trinajstić information content (AvgIpc) is 3.56. The molecule has 4 saturated carbocycles. The molecule has 4 bridgehead atoms. The molecule has 3 N–H and O–H groups in total. The van der Waals surface area contributed by atoms with Gasteiger partial charge in [-0.25, -0.2) is 9.78 Å². The minimum absolute atomic E-state index is 0.00215. The molecule has 262 valence electrons. The van der Waals surface area contributed by atoms with Gasteiger partial charge in [0.15, 0.2) is 6.29 Å². The van der Waals surface area contributed by atoms with Crippen LogP contribution in [0.3, 0.4) is 0 Å². The molecule has 5 aliphatic rings. The fraction of sp³-hybridized carbons (Fsp3) is 0.395. The number of hydrogen-bond donors (Lipinski definition) is 3. The molecule has 51 heavy (non-hydrogen) atoms. The molecule has 5 aromatic rings. The summed E-state index contributed by atoms with van der Waals surface area (Å²) in [6.07, 6.45) is 9.21. The fourth-order valence-corrected chi connectivity index (χ4v) is 9.86. The van der Waals surface area contributed by atoms with Crippen LogP contribution in [0.25, 0.3) is 22.2 Å². The van der Waals surface area contributed by atoms with E-state index < -0.39 is 6.29 Å². The van der Waals surface area contributed by atoms with Crippen LogP contribution in [0.1, 0.15) is 79.6 Å². The average molecular weight is 683 g/mol. The zero-order valence-corrected chi connectivity index (χ0v) is 28.9. The second kappa shape index (κ2) is 13.6. The molecule has 3 atom stereocenters. The smallest absolute Gasteiger partial charge is 0.315 e. The molecule has 1 saturated heterocycles. The predicted molar refractivity (Wildman–Crippen MR) is 196 cm³/mol. The lowest BCUT2D eigenvalue weighted by molar-refractivity contribution is -0.252. The molecular weight excluding hydrogens is 636 g/mol. The number of nitrogens with zero attached hydrogens (tertiary/aromatic N) is 2. The second-order valence-corrected chi connectivity index (χ2v) is 15.6. The SMILES string of the molecule is O=C(NCc1cccc(-c2cccc([C@@H]3O[C@H](Cn4cnc5ccccc54)C[C@H](c4ccc(CO)cc4)O3)c2)c1)NC12CC3CC(CC(C3)C1)C2. The highest BCUT2D eigenvalue weighted by molar-refractivity contribution is 5.75. The van der Waals surface area contributed by atoms with E-state index in [2.05, 4.69) is 74.8 Å². The zero-order chi connectivity index (χ0) is 34.4. The minimum atomic E-state index is -0.570. The van der Waals surface area contributed by atoms with Crippen molar-refractivity contribution < 1.29 is 19.4 Å². The Morgan fingerprint density at radius 3 is 2.27 bits per heavy atom. The van der Waals surface area contributed by atoms with E-state index in [0.29, 0.717) is 19.5 Å². The summed E-state index contributed by atoms with van der Waals surface area (Å²) in [6, 6.07) is 32.9. The number of aromatic nitrogens is 2. The van der Waals surface area contributed by atoms with Crippen molar-refractivity contribution in [2.75, 3.05) is 0 Å². The first-order chi connectivity index (χ1) is 25.0. The Balaban J connectivity index is 0.911. The van der Waals surface area contributed by atoms with Gasteiger partial charge in [-0.3, -0.25) is 0 Å². The molecule has 0 radical (unpaired) electrons. The molecule has 1 aliphatic heterocycles. The molecule has 1 aromatic heterocycles. The molecule has 2 amide bonds. The van der Waals surface area contributed by atoms with E-state index in [4.69, 9.17) is 9.47 Å². The number of para-hydroxylation sites is 2. The molecule has 8 heteroatoms. The fourth-order valence-electron chi connectivity index (χ4n) is 9.86. The number of benzene rings is 4. The van der Waals surface area contributed by atoms with Crippen LogP contribution in [0.15, 0.2) is 103 Å². The summed E-state index contributed by atoms with van der Waals surface area (Å²) in [6.45, 7) is 1.13. The number of imidazole rings is 1. The van der Waals surface area contributed by atoms with Crippen LogP contribution >= 0.6 is 0 Å². The molecule has 8 nitrogen and oxygen atoms in total.